The predicted octanol–water partition coefficient (Wildman–Crippen LogP) is 2.66. The quantitative estimate of drug-likeness (QED) is 0.811. The van der Waals surface area contributed by atoms with Gasteiger partial charge in [0.15, 0.2) is 0 Å². The van der Waals surface area contributed by atoms with E-state index >= 15 is 0 Å². The Morgan fingerprint density at radius 3 is 2.43 bits per heavy atom. The van der Waals surface area contributed by atoms with Gasteiger partial charge in [-0.3, -0.25) is 9.59 Å². The lowest BCUT2D eigenvalue weighted by molar-refractivity contribution is 0.0785. The lowest BCUT2D eigenvalue weighted by Gasteiger charge is -2.17. The molecule has 0 bridgehead atoms. The molecule has 0 fully saturated rings. The van der Waals surface area contributed by atoms with Gasteiger partial charge in [-0.2, -0.15) is 0 Å². The number of amides is 2. The molecule has 0 heterocycles. The molecule has 0 aliphatic heterocycles. The van der Waals surface area contributed by atoms with E-state index in [2.05, 4.69) is 22.6 Å². The monoisotopic (exact) mass is 394 g/mol. The second-order valence-electron chi connectivity index (χ2n) is 4.74. The van der Waals surface area contributed by atoms with E-state index in [-0.39, 0.29) is 5.91 Å². The summed E-state index contributed by atoms with van der Waals surface area (Å²) in [6.45, 7) is 0.422. The maximum absolute atomic E-state index is 12.4. The van der Waals surface area contributed by atoms with Crippen LogP contribution >= 0.6 is 22.6 Å². The highest BCUT2D eigenvalue weighted by atomic mass is 127. The van der Waals surface area contributed by atoms with Crippen molar-refractivity contribution in [2.75, 3.05) is 7.05 Å². The zero-order valence-electron chi connectivity index (χ0n) is 11.5. The Balaban J connectivity index is 2.14. The molecule has 5 heteroatoms. The third kappa shape index (κ3) is 4.04. The average Bonchev–Trinajstić information content (AvgIpc) is 2.46. The summed E-state index contributed by atoms with van der Waals surface area (Å²) in [5.74, 6) is -0.526. The van der Waals surface area contributed by atoms with Gasteiger partial charge in [0.2, 0.25) is 5.91 Å². The first kappa shape index (κ1) is 15.5. The van der Waals surface area contributed by atoms with Gasteiger partial charge in [-0.25, -0.2) is 0 Å². The summed E-state index contributed by atoms with van der Waals surface area (Å²) in [7, 11) is 1.74. The molecule has 2 rings (SSSR count). The van der Waals surface area contributed by atoms with Crippen molar-refractivity contribution < 1.29 is 9.59 Å². The Bertz CT molecular complexity index is 685. The molecule has 0 unspecified atom stereocenters. The summed E-state index contributed by atoms with van der Waals surface area (Å²) in [6, 6.07) is 14.4. The van der Waals surface area contributed by atoms with Crippen LogP contribution in [0.1, 0.15) is 26.3 Å². The number of hydrogen-bond donors (Lipinski definition) is 1. The number of halogens is 1. The maximum Gasteiger partial charge on any atom is 0.253 e. The van der Waals surface area contributed by atoms with Crippen LogP contribution < -0.4 is 5.73 Å². The van der Waals surface area contributed by atoms with Gasteiger partial charge in [0.05, 0.1) is 0 Å². The van der Waals surface area contributed by atoms with E-state index in [1.807, 2.05) is 24.3 Å². The molecule has 0 saturated heterocycles. The summed E-state index contributed by atoms with van der Waals surface area (Å²) in [5, 5.41) is 0. The van der Waals surface area contributed by atoms with Gasteiger partial charge >= 0.3 is 0 Å². The Morgan fingerprint density at radius 1 is 1.10 bits per heavy atom. The summed E-state index contributed by atoms with van der Waals surface area (Å²) >= 11 is 2.18. The summed E-state index contributed by atoms with van der Waals surface area (Å²) < 4.78 is 1.02. The van der Waals surface area contributed by atoms with Gasteiger partial charge in [0.25, 0.3) is 5.91 Å². The first-order valence-corrected chi connectivity index (χ1v) is 7.45. The lowest BCUT2D eigenvalue weighted by Crippen LogP contribution is -2.26. The van der Waals surface area contributed by atoms with E-state index in [1.54, 1.807) is 36.2 Å². The number of carbonyl (C=O) groups excluding carboxylic acids is 2. The summed E-state index contributed by atoms with van der Waals surface area (Å²) in [4.78, 5) is 25.1. The van der Waals surface area contributed by atoms with Crippen molar-refractivity contribution in [1.29, 1.82) is 0 Å². The Kier molecular flexibility index (Phi) is 4.95. The van der Waals surface area contributed by atoms with E-state index in [1.165, 1.54) is 0 Å². The molecule has 21 heavy (non-hydrogen) atoms. The van der Waals surface area contributed by atoms with Crippen LogP contribution in [-0.4, -0.2) is 23.8 Å². The first-order valence-electron chi connectivity index (χ1n) is 6.37. The zero-order valence-corrected chi connectivity index (χ0v) is 13.7. The molecule has 2 amide bonds. The molecule has 2 aromatic rings. The van der Waals surface area contributed by atoms with Gasteiger partial charge in [-0.1, -0.05) is 18.2 Å². The van der Waals surface area contributed by atoms with Crippen molar-refractivity contribution >= 4 is 34.4 Å². The number of carbonyl (C=O) groups is 2. The summed E-state index contributed by atoms with van der Waals surface area (Å²) in [6.07, 6.45) is 0. The van der Waals surface area contributed by atoms with Gasteiger partial charge in [-0.05, 0) is 58.5 Å². The van der Waals surface area contributed by atoms with Crippen molar-refractivity contribution in [2.24, 2.45) is 5.73 Å². The van der Waals surface area contributed by atoms with Crippen LogP contribution in [-0.2, 0) is 6.54 Å². The molecule has 0 spiro atoms. The van der Waals surface area contributed by atoms with Crippen molar-refractivity contribution in [2.45, 2.75) is 6.54 Å². The van der Waals surface area contributed by atoms with Crippen LogP contribution in [0.2, 0.25) is 0 Å². The van der Waals surface area contributed by atoms with Crippen molar-refractivity contribution in [3.8, 4) is 0 Å². The second-order valence-corrected chi connectivity index (χ2v) is 5.98. The Labute approximate surface area is 137 Å². The largest absolute Gasteiger partial charge is 0.366 e. The minimum Gasteiger partial charge on any atom is -0.366 e. The maximum atomic E-state index is 12.4. The van der Waals surface area contributed by atoms with Crippen molar-refractivity contribution in [1.82, 2.24) is 4.90 Å². The number of nitrogens with zero attached hydrogens (tertiary/aromatic N) is 1. The number of benzene rings is 2. The van der Waals surface area contributed by atoms with Crippen LogP contribution in [0, 0.1) is 3.57 Å². The lowest BCUT2D eigenvalue weighted by atomic mass is 10.1. The van der Waals surface area contributed by atoms with E-state index in [4.69, 9.17) is 5.73 Å². The SMILES string of the molecule is CN(Cc1cccc(C(N)=O)c1)C(=O)c1cccc(I)c1. The first-order chi connectivity index (χ1) is 9.97. The topological polar surface area (TPSA) is 63.4 Å². The number of hydrogen-bond acceptors (Lipinski definition) is 2. The van der Waals surface area contributed by atoms with Gasteiger partial charge in [0, 0.05) is 28.3 Å². The van der Waals surface area contributed by atoms with Crippen LogP contribution in [0.25, 0.3) is 0 Å². The number of nitrogens with two attached hydrogens (primary N) is 1. The van der Waals surface area contributed by atoms with Gasteiger partial charge in [-0.15, -0.1) is 0 Å². The average molecular weight is 394 g/mol. The molecule has 4 nitrogen and oxygen atoms in total. The van der Waals surface area contributed by atoms with E-state index in [0.29, 0.717) is 17.7 Å². The zero-order chi connectivity index (χ0) is 15.4. The molecule has 108 valence electrons. The molecule has 0 radical (unpaired) electrons. The highest BCUT2D eigenvalue weighted by Crippen LogP contribution is 2.12. The van der Waals surface area contributed by atoms with E-state index < -0.39 is 5.91 Å². The van der Waals surface area contributed by atoms with Crippen LogP contribution in [0.3, 0.4) is 0 Å². The highest BCUT2D eigenvalue weighted by Gasteiger charge is 2.12. The molecule has 2 N–H and O–H groups in total. The standard InChI is InChI=1S/C16H15IN2O2/c1-19(16(21)13-6-3-7-14(17)9-13)10-11-4-2-5-12(8-11)15(18)20/h2-9H,10H2,1H3,(H2,18,20). The second kappa shape index (κ2) is 6.71. The third-order valence-corrected chi connectivity index (χ3v) is 3.72. The van der Waals surface area contributed by atoms with Crippen molar-refractivity contribution in [3.05, 3.63) is 68.8 Å². The minimum atomic E-state index is -0.469. The molecule has 2 aromatic carbocycles. The normalized spacial score (nSPS) is 10.2. The van der Waals surface area contributed by atoms with E-state index in [0.717, 1.165) is 9.13 Å². The van der Waals surface area contributed by atoms with Crippen molar-refractivity contribution in [3.63, 3.8) is 0 Å². The highest BCUT2D eigenvalue weighted by molar-refractivity contribution is 14.1. The van der Waals surface area contributed by atoms with Gasteiger partial charge in [0.1, 0.15) is 0 Å². The third-order valence-electron chi connectivity index (χ3n) is 3.05. The summed E-state index contributed by atoms with van der Waals surface area (Å²) in [5.41, 5.74) is 7.22. The molecular formula is C16H15IN2O2. The Hall–Kier alpha value is -1.89. The fourth-order valence-electron chi connectivity index (χ4n) is 2.01. The molecule has 0 aromatic heterocycles. The number of rotatable bonds is 4. The predicted molar refractivity (Wildman–Crippen MR) is 89.9 cm³/mol. The molecule has 0 saturated carbocycles. The fraction of sp³-hybridized carbons (Fsp3) is 0.125. The van der Waals surface area contributed by atoms with Crippen LogP contribution in [0.5, 0.6) is 0 Å². The molecular weight excluding hydrogens is 379 g/mol. The fourth-order valence-corrected chi connectivity index (χ4v) is 2.55. The molecule has 0 aliphatic rings. The molecule has 0 atom stereocenters. The van der Waals surface area contributed by atoms with Crippen LogP contribution in [0.4, 0.5) is 0 Å². The minimum absolute atomic E-state index is 0.0574. The van der Waals surface area contributed by atoms with Crippen LogP contribution in [0.15, 0.2) is 48.5 Å². The van der Waals surface area contributed by atoms with Gasteiger partial charge < -0.3 is 10.6 Å². The smallest absolute Gasteiger partial charge is 0.253 e. The molecule has 0 aliphatic carbocycles. The number of primary amides is 1. The van der Waals surface area contributed by atoms with E-state index in [9.17, 15) is 9.59 Å². The Morgan fingerprint density at radius 2 is 1.76 bits per heavy atom.